The number of benzene rings is 1. The van der Waals surface area contributed by atoms with Crippen molar-refractivity contribution in [3.63, 3.8) is 0 Å². The molecule has 122 valence electrons. The van der Waals surface area contributed by atoms with E-state index in [4.69, 9.17) is 9.47 Å². The van der Waals surface area contributed by atoms with Gasteiger partial charge in [-0.15, -0.1) is 0 Å². The summed E-state index contributed by atoms with van der Waals surface area (Å²) in [6, 6.07) is 4.45. The topological polar surface area (TPSA) is 97.0 Å². The van der Waals surface area contributed by atoms with Crippen molar-refractivity contribution in [1.29, 1.82) is 0 Å². The maximum Gasteiger partial charge on any atom is 0.325 e. The molecule has 1 fully saturated rings. The summed E-state index contributed by atoms with van der Waals surface area (Å²) in [5, 5.41) is 5.21. The molecule has 1 atom stereocenters. The number of carbonyl (C=O) groups excluding carboxylic acids is 3. The van der Waals surface area contributed by atoms with E-state index in [1.807, 2.05) is 0 Å². The van der Waals surface area contributed by atoms with Crippen molar-refractivity contribution in [2.75, 3.05) is 19.9 Å². The Labute approximate surface area is 132 Å². The molecule has 0 unspecified atom stereocenters. The summed E-state index contributed by atoms with van der Waals surface area (Å²) in [5.74, 6) is 0.250. The number of amides is 4. The van der Waals surface area contributed by atoms with Crippen LogP contribution in [0.4, 0.5) is 4.79 Å². The van der Waals surface area contributed by atoms with E-state index in [0.717, 1.165) is 4.90 Å². The van der Waals surface area contributed by atoms with Crippen molar-refractivity contribution in [3.05, 3.63) is 23.8 Å². The highest BCUT2D eigenvalue weighted by molar-refractivity contribution is 6.09. The number of hydrogen-bond donors (Lipinski definition) is 2. The molecule has 2 aliphatic rings. The second kappa shape index (κ2) is 5.45. The third-order valence-electron chi connectivity index (χ3n) is 3.90. The zero-order valence-corrected chi connectivity index (χ0v) is 12.8. The minimum absolute atomic E-state index is 0.124. The Kier molecular flexibility index (Phi) is 3.59. The van der Waals surface area contributed by atoms with E-state index in [2.05, 4.69) is 10.6 Å². The van der Waals surface area contributed by atoms with Gasteiger partial charge in [-0.1, -0.05) is 6.07 Å². The number of urea groups is 1. The van der Waals surface area contributed by atoms with Gasteiger partial charge in [0.15, 0.2) is 11.5 Å². The zero-order valence-electron chi connectivity index (χ0n) is 12.8. The van der Waals surface area contributed by atoms with Crippen molar-refractivity contribution in [2.24, 2.45) is 0 Å². The largest absolute Gasteiger partial charge is 0.454 e. The normalized spacial score (nSPS) is 22.3. The maximum absolute atomic E-state index is 12.7. The molecule has 8 heteroatoms. The van der Waals surface area contributed by atoms with Crippen LogP contribution in [0.25, 0.3) is 0 Å². The van der Waals surface area contributed by atoms with Crippen LogP contribution < -0.4 is 20.1 Å². The van der Waals surface area contributed by atoms with Crippen molar-refractivity contribution in [1.82, 2.24) is 15.5 Å². The molecule has 0 bridgehead atoms. The van der Waals surface area contributed by atoms with Gasteiger partial charge in [0.1, 0.15) is 12.1 Å². The lowest BCUT2D eigenvalue weighted by Gasteiger charge is -2.22. The maximum atomic E-state index is 12.7. The fourth-order valence-corrected chi connectivity index (χ4v) is 2.64. The number of ether oxygens (including phenoxy) is 2. The number of fused-ring (bicyclic) bond motifs is 1. The lowest BCUT2D eigenvalue weighted by Crippen LogP contribution is -2.43. The molecule has 1 aromatic rings. The summed E-state index contributed by atoms with van der Waals surface area (Å²) in [5.41, 5.74) is -0.677. The van der Waals surface area contributed by atoms with Gasteiger partial charge in [-0.3, -0.25) is 14.5 Å². The van der Waals surface area contributed by atoms with E-state index in [9.17, 15) is 14.4 Å². The number of imide groups is 1. The minimum Gasteiger partial charge on any atom is -0.454 e. The molecule has 8 nitrogen and oxygen atoms in total. The summed E-state index contributed by atoms with van der Waals surface area (Å²) in [6.07, 6.45) is 0. The predicted molar refractivity (Wildman–Crippen MR) is 78.8 cm³/mol. The van der Waals surface area contributed by atoms with Gasteiger partial charge in [0, 0.05) is 6.54 Å². The summed E-state index contributed by atoms with van der Waals surface area (Å²) in [7, 11) is 0. The second-order valence-corrected chi connectivity index (χ2v) is 5.47. The highest BCUT2D eigenvalue weighted by Crippen LogP contribution is 2.37. The van der Waals surface area contributed by atoms with Gasteiger partial charge in [-0.25, -0.2) is 4.79 Å². The van der Waals surface area contributed by atoms with Gasteiger partial charge in [-0.2, -0.15) is 0 Å². The Hall–Kier alpha value is -2.77. The van der Waals surface area contributed by atoms with Crippen LogP contribution in [0.1, 0.15) is 19.4 Å². The van der Waals surface area contributed by atoms with E-state index in [1.54, 1.807) is 32.0 Å². The van der Waals surface area contributed by atoms with E-state index in [1.165, 1.54) is 0 Å². The van der Waals surface area contributed by atoms with Crippen LogP contribution in [0.3, 0.4) is 0 Å². The molecule has 2 aliphatic heterocycles. The van der Waals surface area contributed by atoms with E-state index in [-0.39, 0.29) is 19.2 Å². The molecule has 2 heterocycles. The Balaban J connectivity index is 1.86. The molecule has 0 saturated carbocycles. The third kappa shape index (κ3) is 2.45. The molecule has 3 rings (SSSR count). The molecular formula is C15H17N3O5. The average Bonchev–Trinajstić information content (AvgIpc) is 3.06. The summed E-state index contributed by atoms with van der Waals surface area (Å²) in [4.78, 5) is 37.4. The van der Waals surface area contributed by atoms with Gasteiger partial charge in [-0.05, 0) is 31.5 Å². The van der Waals surface area contributed by atoms with Crippen LogP contribution in [-0.2, 0) is 15.1 Å². The molecule has 1 aromatic carbocycles. The number of nitrogens with zero attached hydrogens (tertiary/aromatic N) is 1. The highest BCUT2D eigenvalue weighted by atomic mass is 16.7. The van der Waals surface area contributed by atoms with Crippen LogP contribution in [-0.4, -0.2) is 42.6 Å². The van der Waals surface area contributed by atoms with E-state index in [0.29, 0.717) is 23.6 Å². The molecule has 4 amide bonds. The van der Waals surface area contributed by atoms with Crippen LogP contribution in [0, 0.1) is 0 Å². The second-order valence-electron chi connectivity index (χ2n) is 5.47. The van der Waals surface area contributed by atoms with Gasteiger partial charge >= 0.3 is 6.03 Å². The van der Waals surface area contributed by atoms with E-state index < -0.39 is 17.5 Å². The monoisotopic (exact) mass is 319 g/mol. The quantitative estimate of drug-likeness (QED) is 0.779. The van der Waals surface area contributed by atoms with Crippen molar-refractivity contribution >= 4 is 17.8 Å². The van der Waals surface area contributed by atoms with Gasteiger partial charge in [0.2, 0.25) is 12.7 Å². The smallest absolute Gasteiger partial charge is 0.325 e. The molecule has 0 aliphatic carbocycles. The SMILES string of the molecule is CCNC(=O)CN1C(=O)N[C@@](C)(c2ccc3c(c2)OCO3)C1=O. The van der Waals surface area contributed by atoms with Gasteiger partial charge in [0.05, 0.1) is 0 Å². The van der Waals surface area contributed by atoms with Crippen molar-refractivity contribution < 1.29 is 23.9 Å². The molecular weight excluding hydrogens is 302 g/mol. The number of rotatable bonds is 4. The molecule has 2 N–H and O–H groups in total. The fraction of sp³-hybridized carbons (Fsp3) is 0.400. The lowest BCUT2D eigenvalue weighted by molar-refractivity contribution is -0.134. The molecule has 0 aromatic heterocycles. The molecule has 0 radical (unpaired) electrons. The summed E-state index contributed by atoms with van der Waals surface area (Å²) in [6.45, 7) is 3.61. The van der Waals surface area contributed by atoms with Crippen molar-refractivity contribution in [2.45, 2.75) is 19.4 Å². The number of nitrogens with one attached hydrogen (secondary N) is 2. The molecule has 1 saturated heterocycles. The minimum atomic E-state index is -1.25. The van der Waals surface area contributed by atoms with Crippen LogP contribution in [0.2, 0.25) is 0 Å². The first-order valence-electron chi connectivity index (χ1n) is 7.26. The Morgan fingerprint density at radius 3 is 2.83 bits per heavy atom. The molecule has 23 heavy (non-hydrogen) atoms. The van der Waals surface area contributed by atoms with Gasteiger partial charge in [0.25, 0.3) is 5.91 Å². The standard InChI is InChI=1S/C15H17N3O5/c1-3-16-12(19)7-18-13(20)15(2,17-14(18)21)9-4-5-10-11(6-9)23-8-22-10/h4-6H,3,7-8H2,1-2H3,(H,16,19)(H,17,21)/t15-/m0/s1. The zero-order chi connectivity index (χ0) is 16.6. The first-order valence-corrected chi connectivity index (χ1v) is 7.26. The number of likely N-dealkylation sites (N-methyl/N-ethyl adjacent to an activating group) is 1. The van der Waals surface area contributed by atoms with Crippen LogP contribution in [0.5, 0.6) is 11.5 Å². The lowest BCUT2D eigenvalue weighted by atomic mass is 9.91. The van der Waals surface area contributed by atoms with Gasteiger partial charge < -0.3 is 20.1 Å². The fourth-order valence-electron chi connectivity index (χ4n) is 2.64. The Morgan fingerprint density at radius 2 is 2.09 bits per heavy atom. The first kappa shape index (κ1) is 15.1. The predicted octanol–water partition coefficient (Wildman–Crippen LogP) is 0.318. The Bertz CT molecular complexity index is 690. The molecule has 0 spiro atoms. The van der Waals surface area contributed by atoms with E-state index >= 15 is 0 Å². The summed E-state index contributed by atoms with van der Waals surface area (Å²) < 4.78 is 10.5. The number of hydrogen-bond acceptors (Lipinski definition) is 5. The average molecular weight is 319 g/mol. The number of carbonyl (C=O) groups is 3. The van der Waals surface area contributed by atoms with Crippen LogP contribution >= 0.6 is 0 Å². The highest BCUT2D eigenvalue weighted by Gasteiger charge is 2.49. The third-order valence-corrected chi connectivity index (χ3v) is 3.90. The van der Waals surface area contributed by atoms with Crippen molar-refractivity contribution in [3.8, 4) is 11.5 Å². The summed E-state index contributed by atoms with van der Waals surface area (Å²) >= 11 is 0. The first-order chi connectivity index (χ1) is 11.0. The van der Waals surface area contributed by atoms with Crippen LogP contribution in [0.15, 0.2) is 18.2 Å². The Morgan fingerprint density at radius 1 is 1.35 bits per heavy atom.